The third kappa shape index (κ3) is 5.78. The van der Waals surface area contributed by atoms with Crippen LogP contribution in [0.25, 0.3) is 0 Å². The summed E-state index contributed by atoms with van der Waals surface area (Å²) in [6, 6.07) is 6.40. The zero-order valence-corrected chi connectivity index (χ0v) is 21.6. The van der Waals surface area contributed by atoms with Gasteiger partial charge in [0, 0.05) is 30.6 Å². The third-order valence-corrected chi connectivity index (χ3v) is 9.62. The van der Waals surface area contributed by atoms with Crippen LogP contribution >= 0.6 is 0 Å². The van der Waals surface area contributed by atoms with Gasteiger partial charge < -0.3 is 15.4 Å². The maximum atomic E-state index is 13.2. The number of hydrogen-bond acceptors (Lipinski definition) is 5. The highest BCUT2D eigenvalue weighted by Crippen LogP contribution is 2.40. The summed E-state index contributed by atoms with van der Waals surface area (Å²) < 4.78 is 33.6. The fourth-order valence-electron chi connectivity index (χ4n) is 5.56. The average molecular weight is 504 g/mol. The first-order valence-corrected chi connectivity index (χ1v) is 13.9. The highest BCUT2D eigenvalue weighted by Gasteiger charge is 2.46. The third-order valence-electron chi connectivity index (χ3n) is 7.77. The second kappa shape index (κ2) is 10.0. The molecule has 1 saturated carbocycles. The van der Waals surface area contributed by atoms with Gasteiger partial charge in [0.1, 0.15) is 6.23 Å². The molecule has 0 spiro atoms. The van der Waals surface area contributed by atoms with Crippen LogP contribution in [0.4, 0.5) is 5.69 Å². The molecule has 1 aliphatic carbocycles. The molecule has 2 N–H and O–H groups in total. The minimum absolute atomic E-state index is 0.00103. The van der Waals surface area contributed by atoms with E-state index >= 15 is 0 Å². The van der Waals surface area contributed by atoms with Gasteiger partial charge in [-0.3, -0.25) is 9.59 Å². The Hall–Kier alpha value is -2.23. The van der Waals surface area contributed by atoms with Crippen molar-refractivity contribution in [1.82, 2.24) is 9.62 Å². The molecule has 4 rings (SSSR count). The van der Waals surface area contributed by atoms with Gasteiger partial charge in [-0.1, -0.05) is 27.4 Å². The molecule has 2 aliphatic heterocycles. The number of carbonyl (C=O) groups is 2. The summed E-state index contributed by atoms with van der Waals surface area (Å²) in [5.74, 6) is 0.385. The van der Waals surface area contributed by atoms with Gasteiger partial charge in [-0.25, -0.2) is 8.42 Å². The Labute approximate surface area is 208 Å². The Balaban J connectivity index is 1.31. The summed E-state index contributed by atoms with van der Waals surface area (Å²) in [6.07, 6.45) is 4.99. The van der Waals surface area contributed by atoms with Crippen molar-refractivity contribution in [2.45, 2.75) is 70.1 Å². The van der Waals surface area contributed by atoms with Crippen LogP contribution in [-0.2, 0) is 24.3 Å². The van der Waals surface area contributed by atoms with Crippen LogP contribution in [0.15, 0.2) is 41.8 Å². The predicted octanol–water partition coefficient (Wildman–Crippen LogP) is 3.52. The van der Waals surface area contributed by atoms with Crippen molar-refractivity contribution in [3.63, 3.8) is 0 Å². The molecule has 2 saturated heterocycles. The summed E-state index contributed by atoms with van der Waals surface area (Å²) >= 11 is 0. The maximum Gasteiger partial charge on any atom is 0.245 e. The van der Waals surface area contributed by atoms with E-state index in [2.05, 4.69) is 38.0 Å². The van der Waals surface area contributed by atoms with Crippen molar-refractivity contribution >= 4 is 27.5 Å². The summed E-state index contributed by atoms with van der Waals surface area (Å²) in [6.45, 7) is 10.8. The van der Waals surface area contributed by atoms with Crippen molar-refractivity contribution in [3.8, 4) is 0 Å². The molecule has 192 valence electrons. The molecule has 0 bridgehead atoms. The molecule has 1 aromatic rings. The van der Waals surface area contributed by atoms with Crippen molar-refractivity contribution in [2.75, 3.05) is 18.4 Å². The maximum absolute atomic E-state index is 13.2. The molecule has 2 heterocycles. The highest BCUT2D eigenvalue weighted by molar-refractivity contribution is 7.89. The number of anilines is 1. The minimum Gasteiger partial charge on any atom is -0.354 e. The van der Waals surface area contributed by atoms with E-state index in [0.717, 1.165) is 25.7 Å². The fourth-order valence-corrected chi connectivity index (χ4v) is 7.07. The minimum atomic E-state index is -3.67. The molecule has 0 radical (unpaired) electrons. The van der Waals surface area contributed by atoms with Crippen molar-refractivity contribution in [1.29, 1.82) is 0 Å². The van der Waals surface area contributed by atoms with Gasteiger partial charge in [-0.05, 0) is 73.8 Å². The monoisotopic (exact) mass is 503 g/mol. The van der Waals surface area contributed by atoms with Crippen LogP contribution in [-0.4, -0.2) is 50.0 Å². The van der Waals surface area contributed by atoms with Gasteiger partial charge in [0.2, 0.25) is 21.8 Å². The summed E-state index contributed by atoms with van der Waals surface area (Å²) in [5.41, 5.74) is 0.876. The molecule has 9 heteroatoms. The second-order valence-corrected chi connectivity index (χ2v) is 13.1. The van der Waals surface area contributed by atoms with Gasteiger partial charge in [-0.15, -0.1) is 0 Å². The lowest BCUT2D eigenvalue weighted by atomic mass is 9.69. The van der Waals surface area contributed by atoms with Gasteiger partial charge in [-0.2, -0.15) is 4.31 Å². The van der Waals surface area contributed by atoms with E-state index in [1.165, 1.54) is 10.4 Å². The highest BCUT2D eigenvalue weighted by atomic mass is 32.2. The molecular formula is C26H37N3O5S. The molecule has 35 heavy (non-hydrogen) atoms. The lowest BCUT2D eigenvalue weighted by Gasteiger charge is -2.36. The zero-order chi connectivity index (χ0) is 25.4. The molecule has 3 fully saturated rings. The van der Waals surface area contributed by atoms with Gasteiger partial charge in [0.05, 0.1) is 11.0 Å². The van der Waals surface area contributed by atoms with E-state index in [9.17, 15) is 18.0 Å². The second-order valence-electron chi connectivity index (χ2n) is 11.1. The van der Waals surface area contributed by atoms with Crippen LogP contribution in [0.1, 0.15) is 52.9 Å². The fraction of sp³-hybridized carbons (Fsp3) is 0.615. The number of amides is 2. The predicted molar refractivity (Wildman–Crippen MR) is 134 cm³/mol. The first kappa shape index (κ1) is 25.9. The Kier molecular flexibility index (Phi) is 7.41. The number of fused-ring (bicyclic) bond motifs is 1. The van der Waals surface area contributed by atoms with E-state index in [-0.39, 0.29) is 46.6 Å². The molecule has 3 atom stereocenters. The molecule has 3 aliphatic rings. The van der Waals surface area contributed by atoms with E-state index in [1.54, 1.807) is 24.3 Å². The SMILES string of the molecule is C=CC(=O)NC1CC2CN(S(=O)(=O)c3ccc(NC(=O)C4CCC(C(C)(C)C)CC4)cc3)CC2O1. The number of hydrogen-bond donors (Lipinski definition) is 2. The molecule has 1 aromatic carbocycles. The van der Waals surface area contributed by atoms with Crippen LogP contribution in [0.5, 0.6) is 0 Å². The number of ether oxygens (including phenoxy) is 1. The van der Waals surface area contributed by atoms with Crippen LogP contribution in [0.2, 0.25) is 0 Å². The number of nitrogens with zero attached hydrogens (tertiary/aromatic N) is 1. The smallest absolute Gasteiger partial charge is 0.245 e. The van der Waals surface area contributed by atoms with Gasteiger partial charge >= 0.3 is 0 Å². The largest absolute Gasteiger partial charge is 0.354 e. The summed E-state index contributed by atoms with van der Waals surface area (Å²) in [4.78, 5) is 24.4. The van der Waals surface area contributed by atoms with Gasteiger partial charge in [0.25, 0.3) is 0 Å². The van der Waals surface area contributed by atoms with E-state index in [4.69, 9.17) is 4.74 Å². The topological polar surface area (TPSA) is 105 Å². The van der Waals surface area contributed by atoms with E-state index < -0.39 is 16.3 Å². The van der Waals surface area contributed by atoms with E-state index in [0.29, 0.717) is 24.6 Å². The Morgan fingerprint density at radius 1 is 1.09 bits per heavy atom. The number of sulfonamides is 1. The molecule has 2 amide bonds. The Bertz CT molecular complexity index is 1040. The Morgan fingerprint density at radius 2 is 1.74 bits per heavy atom. The van der Waals surface area contributed by atoms with Crippen LogP contribution < -0.4 is 10.6 Å². The first-order chi connectivity index (χ1) is 16.5. The van der Waals surface area contributed by atoms with Crippen LogP contribution in [0.3, 0.4) is 0 Å². The van der Waals surface area contributed by atoms with Crippen molar-refractivity contribution in [3.05, 3.63) is 36.9 Å². The van der Waals surface area contributed by atoms with Crippen molar-refractivity contribution < 1.29 is 22.7 Å². The number of nitrogens with one attached hydrogen (secondary N) is 2. The average Bonchev–Trinajstić information content (AvgIpc) is 3.38. The normalized spacial score (nSPS) is 29.4. The molecule has 3 unspecified atom stereocenters. The lowest BCUT2D eigenvalue weighted by Crippen LogP contribution is -2.37. The summed E-state index contributed by atoms with van der Waals surface area (Å²) in [7, 11) is -3.67. The first-order valence-electron chi connectivity index (χ1n) is 12.5. The molecule has 8 nitrogen and oxygen atoms in total. The molecule has 0 aromatic heterocycles. The number of benzene rings is 1. The van der Waals surface area contributed by atoms with Crippen LogP contribution in [0, 0.1) is 23.2 Å². The quantitative estimate of drug-likeness (QED) is 0.578. The number of rotatable bonds is 6. The van der Waals surface area contributed by atoms with Crippen molar-refractivity contribution in [2.24, 2.45) is 23.2 Å². The molecular weight excluding hydrogens is 466 g/mol. The Morgan fingerprint density at radius 3 is 2.31 bits per heavy atom. The number of carbonyl (C=O) groups excluding carboxylic acids is 2. The summed E-state index contributed by atoms with van der Waals surface area (Å²) in [5, 5.41) is 5.68. The zero-order valence-electron chi connectivity index (χ0n) is 20.8. The van der Waals surface area contributed by atoms with E-state index in [1.807, 2.05) is 0 Å². The van der Waals surface area contributed by atoms with Gasteiger partial charge in [0.15, 0.2) is 0 Å². The standard InChI is InChI=1S/C26H37N3O5S/c1-5-23(30)28-24-14-18-15-29(16-22(18)34-24)35(32,33)21-12-10-20(11-13-21)27-25(31)17-6-8-19(9-7-17)26(2,3)4/h5,10-13,17-19,22,24H,1,6-9,14-16H2,2-4H3,(H,27,31)(H,28,30). The lowest BCUT2D eigenvalue weighted by molar-refractivity contribution is -0.121.